The zero-order chi connectivity index (χ0) is 16.5. The van der Waals surface area contributed by atoms with Gasteiger partial charge in [-0.25, -0.2) is 0 Å². The van der Waals surface area contributed by atoms with Crippen molar-refractivity contribution < 1.29 is 5.11 Å². The van der Waals surface area contributed by atoms with E-state index >= 15 is 0 Å². The summed E-state index contributed by atoms with van der Waals surface area (Å²) in [7, 11) is -1.93. The predicted octanol–water partition coefficient (Wildman–Crippen LogP) is 4.41. The Morgan fingerprint density at radius 3 is 2.14 bits per heavy atom. The van der Waals surface area contributed by atoms with E-state index in [9.17, 15) is 5.11 Å². The second-order valence-corrected chi connectivity index (χ2v) is 12.3. The van der Waals surface area contributed by atoms with Gasteiger partial charge in [-0.1, -0.05) is 97.4 Å². The predicted molar refractivity (Wildman–Crippen MR) is 103 cm³/mol. The average Bonchev–Trinajstić information content (AvgIpc) is 2.47. The molecule has 0 atom stereocenters. The molecule has 2 aromatic rings. The molecule has 0 aliphatic rings. The summed E-state index contributed by atoms with van der Waals surface area (Å²) in [6, 6.07) is 14.9. The van der Waals surface area contributed by atoms with Crippen LogP contribution in [0.5, 0.6) is 5.75 Å². The van der Waals surface area contributed by atoms with Gasteiger partial charge >= 0.3 is 0 Å². The van der Waals surface area contributed by atoms with Crippen LogP contribution in [-0.4, -0.2) is 13.2 Å². The Hall–Kier alpha value is -1.06. The van der Waals surface area contributed by atoms with E-state index in [2.05, 4.69) is 86.2 Å². The molecule has 0 bridgehead atoms. The molecule has 0 aliphatic carbocycles. The van der Waals surface area contributed by atoms with Crippen LogP contribution in [0, 0.1) is 0 Å². The summed E-state index contributed by atoms with van der Waals surface area (Å²) in [6.45, 7) is 11.3. The summed E-state index contributed by atoms with van der Waals surface area (Å²) in [5, 5.41) is 13.9. The first-order chi connectivity index (χ1) is 10.2. The highest BCUT2D eigenvalue weighted by Crippen LogP contribution is 2.29. The van der Waals surface area contributed by atoms with Crippen LogP contribution in [0.2, 0.25) is 13.1 Å². The van der Waals surface area contributed by atoms with Crippen molar-refractivity contribution in [3.8, 4) is 5.75 Å². The van der Waals surface area contributed by atoms with E-state index in [-0.39, 0.29) is 5.41 Å². The van der Waals surface area contributed by atoms with Gasteiger partial charge in [0.1, 0.15) is 13.8 Å². The van der Waals surface area contributed by atoms with Gasteiger partial charge in [-0.3, -0.25) is 0 Å². The van der Waals surface area contributed by atoms with E-state index in [1.165, 1.54) is 10.8 Å². The largest absolute Gasteiger partial charge is 0.508 e. The van der Waals surface area contributed by atoms with Crippen molar-refractivity contribution in [3.05, 3.63) is 53.6 Å². The second-order valence-electron chi connectivity index (χ2n) is 7.41. The van der Waals surface area contributed by atoms with Gasteiger partial charge in [-0.15, -0.1) is 0 Å². The molecule has 0 aromatic heterocycles. The van der Waals surface area contributed by atoms with Gasteiger partial charge in [-0.05, 0) is 16.2 Å². The van der Waals surface area contributed by atoms with Crippen molar-refractivity contribution in [1.82, 2.24) is 0 Å². The van der Waals surface area contributed by atoms with E-state index in [0.717, 1.165) is 10.8 Å². The molecule has 0 spiro atoms. The van der Waals surface area contributed by atoms with E-state index in [1.54, 1.807) is 0 Å². The van der Waals surface area contributed by atoms with Crippen LogP contribution in [0.4, 0.5) is 0 Å². The highest BCUT2D eigenvalue weighted by atomic mass is 79.9. The van der Waals surface area contributed by atoms with E-state index in [0.29, 0.717) is 11.1 Å². The summed E-state index contributed by atoms with van der Waals surface area (Å²) in [5.41, 5.74) is 2.34. The molecule has 3 heteroatoms. The van der Waals surface area contributed by atoms with Crippen molar-refractivity contribution in [1.29, 1.82) is 0 Å². The Bertz CT molecular complexity index is 657. The first-order valence-electron chi connectivity index (χ1n) is 7.66. The highest BCUT2D eigenvalue weighted by Gasteiger charge is 2.31. The molecule has 0 aliphatic heterocycles. The van der Waals surface area contributed by atoms with Crippen molar-refractivity contribution in [2.45, 2.75) is 44.6 Å². The minimum atomic E-state index is -1.93. The van der Waals surface area contributed by atoms with Crippen LogP contribution in [0.25, 0.3) is 0 Å². The Morgan fingerprint density at radius 2 is 1.64 bits per heavy atom. The Labute approximate surface area is 143 Å². The molecule has 0 amide bonds. The molecule has 1 nitrogen and oxygen atoms in total. The zero-order valence-corrected chi connectivity index (χ0v) is 16.7. The Balaban J connectivity index is 2.68. The fourth-order valence-electron chi connectivity index (χ4n) is 2.72. The summed E-state index contributed by atoms with van der Waals surface area (Å²) < 4.78 is 0. The molecule has 0 radical (unpaired) electrons. The van der Waals surface area contributed by atoms with Crippen molar-refractivity contribution in [2.24, 2.45) is 0 Å². The SMILES string of the molecule is CC(C)(C)c1cc(CBr)c(O)c([Si](C)(C)c2ccccc2)c1. The van der Waals surface area contributed by atoms with E-state index < -0.39 is 8.07 Å². The molecule has 2 aromatic carbocycles. The first-order valence-corrected chi connectivity index (χ1v) is 11.8. The normalized spacial score (nSPS) is 12.5. The van der Waals surface area contributed by atoms with Crippen LogP contribution in [-0.2, 0) is 10.7 Å². The Morgan fingerprint density at radius 1 is 1.05 bits per heavy atom. The number of benzene rings is 2. The van der Waals surface area contributed by atoms with Crippen LogP contribution in [0.1, 0.15) is 31.9 Å². The number of hydrogen-bond donors (Lipinski definition) is 1. The molecular formula is C19H25BrOSi. The molecule has 2 rings (SSSR count). The molecule has 0 saturated heterocycles. The standard InChI is InChI=1S/C19H25BrOSi/c1-19(2,3)15-11-14(13-20)18(21)17(12-15)22(4,5)16-9-7-6-8-10-16/h6-12,21H,13H2,1-5H3. The third kappa shape index (κ3) is 3.30. The third-order valence-corrected chi connectivity index (χ3v) is 8.48. The average molecular weight is 377 g/mol. The maximum absolute atomic E-state index is 10.8. The van der Waals surface area contributed by atoms with Crippen LogP contribution < -0.4 is 10.4 Å². The van der Waals surface area contributed by atoms with Gasteiger partial charge in [0.25, 0.3) is 0 Å². The van der Waals surface area contributed by atoms with E-state index in [1.807, 2.05) is 6.07 Å². The quantitative estimate of drug-likeness (QED) is 0.621. The van der Waals surface area contributed by atoms with Crippen molar-refractivity contribution in [2.75, 3.05) is 0 Å². The third-order valence-electron chi connectivity index (χ3n) is 4.37. The smallest absolute Gasteiger partial charge is 0.119 e. The summed E-state index contributed by atoms with van der Waals surface area (Å²) in [6.07, 6.45) is 0. The Kier molecular flexibility index (Phi) is 4.88. The number of rotatable bonds is 3. The molecule has 1 N–H and O–H groups in total. The number of hydrogen-bond acceptors (Lipinski definition) is 1. The second kappa shape index (κ2) is 6.21. The van der Waals surface area contributed by atoms with Crippen LogP contribution >= 0.6 is 15.9 Å². The zero-order valence-electron chi connectivity index (χ0n) is 14.1. The van der Waals surface area contributed by atoms with Crippen molar-refractivity contribution >= 4 is 34.4 Å². The van der Waals surface area contributed by atoms with Gasteiger partial charge < -0.3 is 5.11 Å². The number of alkyl halides is 1. The van der Waals surface area contributed by atoms with Gasteiger partial charge in [0.05, 0.1) is 0 Å². The fraction of sp³-hybridized carbons (Fsp3) is 0.368. The van der Waals surface area contributed by atoms with Gasteiger partial charge in [0, 0.05) is 10.9 Å². The lowest BCUT2D eigenvalue weighted by Crippen LogP contribution is -2.53. The molecule has 0 heterocycles. The lowest BCUT2D eigenvalue weighted by molar-refractivity contribution is 0.473. The monoisotopic (exact) mass is 376 g/mol. The minimum Gasteiger partial charge on any atom is -0.508 e. The number of halogens is 1. The minimum absolute atomic E-state index is 0.0700. The number of aromatic hydroxyl groups is 1. The topological polar surface area (TPSA) is 20.2 Å². The van der Waals surface area contributed by atoms with Gasteiger partial charge in [0.15, 0.2) is 0 Å². The van der Waals surface area contributed by atoms with Crippen LogP contribution in [0.15, 0.2) is 42.5 Å². The van der Waals surface area contributed by atoms with Crippen molar-refractivity contribution in [3.63, 3.8) is 0 Å². The summed E-state index contributed by atoms with van der Waals surface area (Å²) >= 11 is 3.52. The van der Waals surface area contributed by atoms with Gasteiger partial charge in [0.2, 0.25) is 0 Å². The number of phenols is 1. The summed E-state index contributed by atoms with van der Waals surface area (Å²) in [4.78, 5) is 0. The van der Waals surface area contributed by atoms with Crippen LogP contribution in [0.3, 0.4) is 0 Å². The van der Waals surface area contributed by atoms with E-state index in [4.69, 9.17) is 0 Å². The molecule has 0 fully saturated rings. The maximum atomic E-state index is 10.8. The lowest BCUT2D eigenvalue weighted by atomic mass is 9.86. The molecule has 118 valence electrons. The fourth-order valence-corrected chi connectivity index (χ4v) is 5.75. The highest BCUT2D eigenvalue weighted by molar-refractivity contribution is 9.08. The summed E-state index contributed by atoms with van der Waals surface area (Å²) in [5.74, 6) is 0.463. The lowest BCUT2D eigenvalue weighted by Gasteiger charge is -2.29. The molecule has 22 heavy (non-hydrogen) atoms. The molecule has 0 saturated carbocycles. The molecule has 0 unspecified atom stereocenters. The first kappa shape index (κ1) is 17.3. The maximum Gasteiger partial charge on any atom is 0.119 e. The number of phenolic OH excluding ortho intramolecular Hbond substituents is 1. The molecular weight excluding hydrogens is 352 g/mol. The van der Waals surface area contributed by atoms with Gasteiger partial charge in [-0.2, -0.15) is 0 Å².